The smallest absolute Gasteiger partial charge is 0.251 e. The molecule has 2 rings (SSSR count). The van der Waals surface area contributed by atoms with Crippen LogP contribution >= 0.6 is 0 Å². The maximum atomic E-state index is 12.7. The summed E-state index contributed by atoms with van der Waals surface area (Å²) in [5.74, 6) is -0.128. The minimum absolute atomic E-state index is 0.0601. The van der Waals surface area contributed by atoms with Gasteiger partial charge in [-0.3, -0.25) is 4.79 Å². The van der Waals surface area contributed by atoms with Crippen molar-refractivity contribution in [2.45, 2.75) is 24.8 Å². The summed E-state index contributed by atoms with van der Waals surface area (Å²) < 4.78 is 33.0. The van der Waals surface area contributed by atoms with Crippen LogP contribution in [-0.4, -0.2) is 28.0 Å². The van der Waals surface area contributed by atoms with Gasteiger partial charge in [0, 0.05) is 18.7 Å². The Kier molecular flexibility index (Phi) is 6.55. The van der Waals surface area contributed by atoms with Crippen LogP contribution in [0.1, 0.15) is 29.3 Å². The van der Waals surface area contributed by atoms with Gasteiger partial charge >= 0.3 is 0 Å². The predicted molar refractivity (Wildman–Crippen MR) is 96.1 cm³/mol. The van der Waals surface area contributed by atoms with Crippen molar-refractivity contribution < 1.29 is 17.9 Å². The SMILES string of the molecule is CCCNC(=O)c1ccc(OC)c(S(=O)(=O)NCc2ccccc2)c1. The first-order valence-electron chi connectivity index (χ1n) is 7.97. The molecule has 0 heterocycles. The van der Waals surface area contributed by atoms with E-state index >= 15 is 0 Å². The molecule has 1 amide bonds. The standard InChI is InChI=1S/C18H22N2O4S/c1-3-11-19-18(21)15-9-10-16(24-2)17(12-15)25(22,23)20-13-14-7-5-4-6-8-14/h4-10,12,20H,3,11,13H2,1-2H3,(H,19,21). The number of carbonyl (C=O) groups excluding carboxylic acids is 1. The molecule has 0 atom stereocenters. The van der Waals surface area contributed by atoms with Crippen LogP contribution in [0.4, 0.5) is 0 Å². The summed E-state index contributed by atoms with van der Waals surface area (Å²) in [6, 6.07) is 13.5. The quantitative estimate of drug-likeness (QED) is 0.755. The number of benzene rings is 2. The minimum atomic E-state index is -3.83. The first-order valence-corrected chi connectivity index (χ1v) is 9.46. The molecule has 2 N–H and O–H groups in total. The predicted octanol–water partition coefficient (Wildman–Crippen LogP) is 2.31. The fourth-order valence-corrected chi connectivity index (χ4v) is 3.43. The number of sulfonamides is 1. The summed E-state index contributed by atoms with van der Waals surface area (Å²) in [6.07, 6.45) is 0.797. The first-order chi connectivity index (χ1) is 12.0. The van der Waals surface area contributed by atoms with Crippen molar-refractivity contribution >= 4 is 15.9 Å². The number of nitrogens with one attached hydrogen (secondary N) is 2. The van der Waals surface area contributed by atoms with Gasteiger partial charge in [0.15, 0.2) is 0 Å². The Morgan fingerprint density at radius 2 is 1.84 bits per heavy atom. The summed E-state index contributed by atoms with van der Waals surface area (Å²) in [5.41, 5.74) is 1.11. The minimum Gasteiger partial charge on any atom is -0.495 e. The lowest BCUT2D eigenvalue weighted by Crippen LogP contribution is -2.26. The summed E-state index contributed by atoms with van der Waals surface area (Å²) in [7, 11) is -2.44. The van der Waals surface area contributed by atoms with E-state index in [1.807, 2.05) is 37.3 Å². The van der Waals surface area contributed by atoms with Crippen molar-refractivity contribution in [3.8, 4) is 5.75 Å². The van der Waals surface area contributed by atoms with Crippen molar-refractivity contribution in [2.75, 3.05) is 13.7 Å². The molecule has 0 aliphatic rings. The van der Waals surface area contributed by atoms with Gasteiger partial charge in [0.05, 0.1) is 7.11 Å². The third-order valence-corrected chi connectivity index (χ3v) is 4.98. The molecule has 0 unspecified atom stereocenters. The molecule has 0 saturated heterocycles. The van der Waals surface area contributed by atoms with Crippen molar-refractivity contribution in [3.63, 3.8) is 0 Å². The number of rotatable bonds is 8. The van der Waals surface area contributed by atoms with Crippen LogP contribution in [0.5, 0.6) is 5.75 Å². The normalized spacial score (nSPS) is 11.1. The van der Waals surface area contributed by atoms with Gasteiger partial charge in [-0.15, -0.1) is 0 Å². The third kappa shape index (κ3) is 5.04. The maximum Gasteiger partial charge on any atom is 0.251 e. The molecule has 2 aromatic rings. The second-order valence-electron chi connectivity index (χ2n) is 5.43. The van der Waals surface area contributed by atoms with Crippen molar-refractivity contribution in [2.24, 2.45) is 0 Å². The monoisotopic (exact) mass is 362 g/mol. The Balaban J connectivity index is 2.26. The fraction of sp³-hybridized carbons (Fsp3) is 0.278. The molecule has 0 bridgehead atoms. The van der Waals surface area contributed by atoms with E-state index in [4.69, 9.17) is 4.74 Å². The van der Waals surface area contributed by atoms with Gasteiger partial charge in [-0.1, -0.05) is 37.3 Å². The molecule has 0 aliphatic heterocycles. The maximum absolute atomic E-state index is 12.7. The van der Waals surface area contributed by atoms with E-state index in [2.05, 4.69) is 10.0 Å². The Morgan fingerprint density at radius 3 is 2.48 bits per heavy atom. The molecule has 0 fully saturated rings. The van der Waals surface area contributed by atoms with E-state index in [0.29, 0.717) is 6.54 Å². The molecule has 25 heavy (non-hydrogen) atoms. The zero-order valence-corrected chi connectivity index (χ0v) is 15.1. The molecule has 6 nitrogen and oxygen atoms in total. The second kappa shape index (κ2) is 8.64. The summed E-state index contributed by atoms with van der Waals surface area (Å²) in [4.78, 5) is 12.0. The molecule has 0 aliphatic carbocycles. The highest BCUT2D eigenvalue weighted by Crippen LogP contribution is 2.25. The molecule has 0 radical (unpaired) electrons. The van der Waals surface area contributed by atoms with E-state index in [1.165, 1.54) is 19.2 Å². The lowest BCUT2D eigenvalue weighted by atomic mass is 10.2. The Hall–Kier alpha value is -2.38. The van der Waals surface area contributed by atoms with Gasteiger partial charge in [-0.2, -0.15) is 0 Å². The first kappa shape index (κ1) is 19.0. The van der Waals surface area contributed by atoms with E-state index < -0.39 is 10.0 Å². The second-order valence-corrected chi connectivity index (χ2v) is 7.17. The lowest BCUT2D eigenvalue weighted by Gasteiger charge is -2.12. The molecule has 134 valence electrons. The zero-order chi connectivity index (χ0) is 18.3. The van der Waals surface area contributed by atoms with Crippen LogP contribution in [0.2, 0.25) is 0 Å². The number of amides is 1. The summed E-state index contributed by atoms with van der Waals surface area (Å²) in [5, 5.41) is 2.73. The van der Waals surface area contributed by atoms with Crippen LogP contribution in [0.25, 0.3) is 0 Å². The van der Waals surface area contributed by atoms with Gasteiger partial charge in [0.1, 0.15) is 10.6 Å². The third-order valence-electron chi connectivity index (χ3n) is 3.56. The highest BCUT2D eigenvalue weighted by Gasteiger charge is 2.21. The van der Waals surface area contributed by atoms with Crippen LogP contribution in [0, 0.1) is 0 Å². The highest BCUT2D eigenvalue weighted by atomic mass is 32.2. The Bertz CT molecular complexity index is 820. The van der Waals surface area contributed by atoms with Crippen molar-refractivity contribution in [3.05, 3.63) is 59.7 Å². The molecule has 7 heteroatoms. The zero-order valence-electron chi connectivity index (χ0n) is 14.3. The Morgan fingerprint density at radius 1 is 1.12 bits per heavy atom. The molecule has 0 saturated carbocycles. The summed E-state index contributed by atoms with van der Waals surface area (Å²) >= 11 is 0. The van der Waals surface area contributed by atoms with Gasteiger partial charge in [-0.25, -0.2) is 13.1 Å². The molecular weight excluding hydrogens is 340 g/mol. The van der Waals surface area contributed by atoms with Gasteiger partial charge in [0.25, 0.3) is 5.91 Å². The Labute approximate surface area is 148 Å². The summed E-state index contributed by atoms with van der Waals surface area (Å²) in [6.45, 7) is 2.62. The largest absolute Gasteiger partial charge is 0.495 e. The van der Waals surface area contributed by atoms with Gasteiger partial charge in [-0.05, 0) is 30.2 Å². The topological polar surface area (TPSA) is 84.5 Å². The van der Waals surface area contributed by atoms with Crippen LogP contribution < -0.4 is 14.8 Å². The van der Waals surface area contributed by atoms with E-state index in [0.717, 1.165) is 12.0 Å². The lowest BCUT2D eigenvalue weighted by molar-refractivity contribution is 0.0953. The number of hydrogen-bond donors (Lipinski definition) is 2. The van der Waals surface area contributed by atoms with Crippen molar-refractivity contribution in [1.29, 1.82) is 0 Å². The molecule has 0 spiro atoms. The van der Waals surface area contributed by atoms with Crippen LogP contribution in [-0.2, 0) is 16.6 Å². The number of ether oxygens (including phenoxy) is 1. The highest BCUT2D eigenvalue weighted by molar-refractivity contribution is 7.89. The fourth-order valence-electron chi connectivity index (χ4n) is 2.22. The van der Waals surface area contributed by atoms with Crippen LogP contribution in [0.3, 0.4) is 0 Å². The number of hydrogen-bond acceptors (Lipinski definition) is 4. The average Bonchev–Trinajstić information content (AvgIpc) is 2.64. The van der Waals surface area contributed by atoms with Crippen molar-refractivity contribution in [1.82, 2.24) is 10.0 Å². The van der Waals surface area contributed by atoms with Crippen LogP contribution in [0.15, 0.2) is 53.4 Å². The molecule has 2 aromatic carbocycles. The average molecular weight is 362 g/mol. The molecular formula is C18H22N2O4S. The van der Waals surface area contributed by atoms with E-state index in [1.54, 1.807) is 6.07 Å². The number of methoxy groups -OCH3 is 1. The van der Waals surface area contributed by atoms with E-state index in [9.17, 15) is 13.2 Å². The molecule has 0 aromatic heterocycles. The van der Waals surface area contributed by atoms with Gasteiger partial charge in [0.2, 0.25) is 10.0 Å². The van der Waals surface area contributed by atoms with E-state index in [-0.39, 0.29) is 28.7 Å². The van der Waals surface area contributed by atoms with Gasteiger partial charge < -0.3 is 10.1 Å². The number of carbonyl (C=O) groups is 1.